The molecule has 34 heavy (non-hydrogen) atoms. The van der Waals surface area contributed by atoms with Crippen LogP contribution in [-0.2, 0) is 6.54 Å². The van der Waals surface area contributed by atoms with Crippen LogP contribution in [0.25, 0.3) is 33.9 Å². The largest absolute Gasteiger partial charge is 0.416 e. The highest BCUT2D eigenvalue weighted by atomic mass is 16.4. The number of aromatic nitrogens is 4. The third-order valence-corrected chi connectivity index (χ3v) is 5.82. The molecule has 2 heterocycles. The maximum Gasteiger partial charge on any atom is 0.251 e. The zero-order chi connectivity index (χ0) is 23.7. The van der Waals surface area contributed by atoms with Gasteiger partial charge in [-0.3, -0.25) is 4.79 Å². The predicted octanol–water partition coefficient (Wildman–Crippen LogP) is 5.57. The summed E-state index contributed by atoms with van der Waals surface area (Å²) in [6.45, 7) is 6.82. The molecule has 3 aromatic carbocycles. The third-order valence-electron chi connectivity index (χ3n) is 5.82. The molecular weight excluding hydrogens is 426 g/mol. The van der Waals surface area contributed by atoms with E-state index in [1.807, 2.05) is 74.5 Å². The van der Waals surface area contributed by atoms with Gasteiger partial charge in [-0.2, -0.15) is 0 Å². The lowest BCUT2D eigenvalue weighted by Gasteiger charge is -2.15. The minimum atomic E-state index is -0.243. The van der Waals surface area contributed by atoms with Crippen LogP contribution in [0.1, 0.15) is 41.6 Å². The molecule has 7 heteroatoms. The molecule has 0 aliphatic heterocycles. The standard InChI is InChI=1S/C27H25N5O2/c1-4-32-23-11-6-5-10-22(23)29-24(32)18(3)28-25(33)19-12-14-20(15-13-19)26-30-31-27(34-26)21-9-7-8-17(2)16-21/h5-16,18H,4H2,1-3H3,(H,28,33). The zero-order valence-electron chi connectivity index (χ0n) is 19.3. The van der Waals surface area contributed by atoms with Crippen molar-refractivity contribution < 1.29 is 9.21 Å². The van der Waals surface area contributed by atoms with Crippen molar-refractivity contribution in [1.29, 1.82) is 0 Å². The van der Waals surface area contributed by atoms with Crippen LogP contribution in [0.15, 0.2) is 77.2 Å². The van der Waals surface area contributed by atoms with Gasteiger partial charge in [0.05, 0.1) is 17.1 Å². The van der Waals surface area contributed by atoms with E-state index in [2.05, 4.69) is 27.0 Å². The topological polar surface area (TPSA) is 85.8 Å². The van der Waals surface area contributed by atoms with Gasteiger partial charge in [0.15, 0.2) is 0 Å². The van der Waals surface area contributed by atoms with Crippen LogP contribution < -0.4 is 5.32 Å². The number of imidazole rings is 1. The van der Waals surface area contributed by atoms with E-state index < -0.39 is 0 Å². The summed E-state index contributed by atoms with van der Waals surface area (Å²) in [6, 6.07) is 22.8. The second-order valence-corrected chi connectivity index (χ2v) is 8.26. The van der Waals surface area contributed by atoms with E-state index in [0.29, 0.717) is 17.3 Å². The highest BCUT2D eigenvalue weighted by molar-refractivity contribution is 5.94. The van der Waals surface area contributed by atoms with E-state index in [4.69, 9.17) is 9.40 Å². The van der Waals surface area contributed by atoms with Gasteiger partial charge in [-0.25, -0.2) is 4.98 Å². The average molecular weight is 452 g/mol. The first kappa shape index (κ1) is 21.6. The number of para-hydroxylation sites is 2. The van der Waals surface area contributed by atoms with Gasteiger partial charge in [-0.05, 0) is 69.3 Å². The Kier molecular flexibility index (Phi) is 5.67. The zero-order valence-corrected chi connectivity index (χ0v) is 19.3. The minimum absolute atomic E-state index is 0.167. The number of rotatable bonds is 6. The van der Waals surface area contributed by atoms with Gasteiger partial charge in [0.25, 0.3) is 5.91 Å². The average Bonchev–Trinajstić information content (AvgIpc) is 3.49. The molecule has 1 atom stereocenters. The molecule has 0 bridgehead atoms. The van der Waals surface area contributed by atoms with Gasteiger partial charge in [-0.15, -0.1) is 10.2 Å². The Bertz CT molecular complexity index is 1470. The van der Waals surface area contributed by atoms with E-state index in [1.165, 1.54) is 0 Å². The summed E-state index contributed by atoms with van der Waals surface area (Å²) < 4.78 is 7.98. The number of benzene rings is 3. The van der Waals surface area contributed by atoms with Crippen LogP contribution in [0.2, 0.25) is 0 Å². The fourth-order valence-corrected chi connectivity index (χ4v) is 4.10. The molecule has 0 spiro atoms. The molecule has 1 N–H and O–H groups in total. The molecule has 2 aromatic heterocycles. The summed E-state index contributed by atoms with van der Waals surface area (Å²) in [5, 5.41) is 11.4. The van der Waals surface area contributed by atoms with Crippen molar-refractivity contribution in [3.05, 3.63) is 89.7 Å². The number of aryl methyl sites for hydroxylation is 2. The molecule has 5 aromatic rings. The number of fused-ring (bicyclic) bond motifs is 1. The molecule has 0 aliphatic rings. The second-order valence-electron chi connectivity index (χ2n) is 8.26. The lowest BCUT2D eigenvalue weighted by Crippen LogP contribution is -2.28. The molecule has 5 rings (SSSR count). The Morgan fingerprint density at radius 1 is 0.971 bits per heavy atom. The Hall–Kier alpha value is -4.26. The highest BCUT2D eigenvalue weighted by Crippen LogP contribution is 2.25. The van der Waals surface area contributed by atoms with Crippen molar-refractivity contribution >= 4 is 16.9 Å². The number of hydrogen-bond donors (Lipinski definition) is 1. The first-order valence-electron chi connectivity index (χ1n) is 11.3. The maximum atomic E-state index is 12.9. The summed E-state index contributed by atoms with van der Waals surface area (Å²) >= 11 is 0. The summed E-state index contributed by atoms with van der Waals surface area (Å²) in [5.74, 6) is 1.55. The fraction of sp³-hybridized carbons (Fsp3) is 0.185. The summed E-state index contributed by atoms with van der Waals surface area (Å²) in [4.78, 5) is 17.6. The van der Waals surface area contributed by atoms with Crippen LogP contribution in [0, 0.1) is 6.92 Å². The van der Waals surface area contributed by atoms with Crippen LogP contribution >= 0.6 is 0 Å². The van der Waals surface area contributed by atoms with Crippen molar-refractivity contribution in [2.75, 3.05) is 0 Å². The molecule has 0 fully saturated rings. The monoisotopic (exact) mass is 451 g/mol. The number of nitrogens with zero attached hydrogens (tertiary/aromatic N) is 4. The molecular formula is C27H25N5O2. The van der Waals surface area contributed by atoms with Crippen LogP contribution in [0.5, 0.6) is 0 Å². The van der Waals surface area contributed by atoms with Gasteiger partial charge in [-0.1, -0.05) is 29.8 Å². The lowest BCUT2D eigenvalue weighted by atomic mass is 10.1. The second kappa shape index (κ2) is 8.94. The van der Waals surface area contributed by atoms with Gasteiger partial charge in [0, 0.05) is 23.2 Å². The van der Waals surface area contributed by atoms with Gasteiger partial charge < -0.3 is 14.3 Å². The third kappa shape index (κ3) is 4.08. The lowest BCUT2D eigenvalue weighted by molar-refractivity contribution is 0.0937. The van der Waals surface area contributed by atoms with Gasteiger partial charge >= 0.3 is 0 Å². The molecule has 1 amide bonds. The van der Waals surface area contributed by atoms with Crippen LogP contribution in [0.3, 0.4) is 0 Å². The Labute approximate surface area is 197 Å². The smallest absolute Gasteiger partial charge is 0.251 e. The number of nitrogens with one attached hydrogen (secondary N) is 1. The Morgan fingerprint density at radius 3 is 2.44 bits per heavy atom. The molecule has 0 saturated heterocycles. The number of carbonyl (C=O) groups is 1. The summed E-state index contributed by atoms with van der Waals surface area (Å²) in [7, 11) is 0. The highest BCUT2D eigenvalue weighted by Gasteiger charge is 2.19. The van der Waals surface area contributed by atoms with Gasteiger partial charge in [0.2, 0.25) is 11.8 Å². The normalized spacial score (nSPS) is 12.1. The maximum absolute atomic E-state index is 12.9. The SMILES string of the molecule is CCn1c(C(C)NC(=O)c2ccc(-c3nnc(-c4cccc(C)c4)o3)cc2)nc2ccccc21. The number of hydrogen-bond acceptors (Lipinski definition) is 5. The number of amides is 1. The van der Waals surface area contributed by atoms with Crippen molar-refractivity contribution in [2.24, 2.45) is 0 Å². The van der Waals surface area contributed by atoms with Crippen molar-refractivity contribution in [2.45, 2.75) is 33.4 Å². The van der Waals surface area contributed by atoms with Crippen molar-refractivity contribution in [3.63, 3.8) is 0 Å². The quantitative estimate of drug-likeness (QED) is 0.365. The van der Waals surface area contributed by atoms with E-state index >= 15 is 0 Å². The predicted molar refractivity (Wildman–Crippen MR) is 131 cm³/mol. The van der Waals surface area contributed by atoms with Gasteiger partial charge in [0.1, 0.15) is 5.82 Å². The van der Waals surface area contributed by atoms with Crippen LogP contribution in [-0.4, -0.2) is 25.7 Å². The first-order chi connectivity index (χ1) is 16.5. The van der Waals surface area contributed by atoms with Crippen LogP contribution in [0.4, 0.5) is 0 Å². The summed E-state index contributed by atoms with van der Waals surface area (Å²) in [6.07, 6.45) is 0. The van der Waals surface area contributed by atoms with E-state index in [0.717, 1.165) is 40.1 Å². The molecule has 170 valence electrons. The summed E-state index contributed by atoms with van der Waals surface area (Å²) in [5.41, 5.74) is 5.29. The van der Waals surface area contributed by atoms with E-state index in [-0.39, 0.29) is 11.9 Å². The fourth-order valence-electron chi connectivity index (χ4n) is 4.10. The molecule has 7 nitrogen and oxygen atoms in total. The first-order valence-corrected chi connectivity index (χ1v) is 11.3. The molecule has 0 saturated carbocycles. The molecule has 0 aliphatic carbocycles. The van der Waals surface area contributed by atoms with Crippen molar-refractivity contribution in [1.82, 2.24) is 25.1 Å². The molecule has 0 radical (unpaired) electrons. The molecule has 1 unspecified atom stereocenters. The Balaban J connectivity index is 1.32. The number of carbonyl (C=O) groups excluding carboxylic acids is 1. The Morgan fingerprint density at radius 2 is 1.71 bits per heavy atom. The van der Waals surface area contributed by atoms with E-state index in [1.54, 1.807) is 12.1 Å². The minimum Gasteiger partial charge on any atom is -0.416 e. The van der Waals surface area contributed by atoms with E-state index in [9.17, 15) is 4.79 Å². The van der Waals surface area contributed by atoms with Crippen molar-refractivity contribution in [3.8, 4) is 22.9 Å².